The molecule has 0 saturated heterocycles. The summed E-state index contributed by atoms with van der Waals surface area (Å²) in [5.74, 6) is 1.42. The fourth-order valence-corrected chi connectivity index (χ4v) is 1.68. The summed E-state index contributed by atoms with van der Waals surface area (Å²) in [6, 6.07) is 2.09. The van der Waals surface area contributed by atoms with Crippen LogP contribution in [0, 0.1) is 0 Å². The molecule has 0 aliphatic rings. The van der Waals surface area contributed by atoms with Crippen LogP contribution in [0.3, 0.4) is 0 Å². The van der Waals surface area contributed by atoms with Gasteiger partial charge in [-0.25, -0.2) is 9.97 Å². The van der Waals surface area contributed by atoms with Crippen molar-refractivity contribution in [3.8, 4) is 0 Å². The first-order chi connectivity index (χ1) is 6.70. The van der Waals surface area contributed by atoms with Crippen LogP contribution in [0.15, 0.2) is 17.2 Å². The molecule has 0 aliphatic heterocycles. The smallest absolute Gasteiger partial charge is 0.177 e. The molecule has 2 rings (SSSR count). The molecule has 0 bridgehead atoms. The van der Waals surface area contributed by atoms with E-state index in [1.165, 1.54) is 0 Å². The van der Waals surface area contributed by atoms with Gasteiger partial charge >= 0.3 is 0 Å². The van der Waals surface area contributed by atoms with Crippen LogP contribution in [-0.2, 0) is 0 Å². The molecule has 0 aliphatic carbocycles. The number of H-pyrrole nitrogens is 1. The van der Waals surface area contributed by atoms with Gasteiger partial charge < -0.3 is 4.98 Å². The zero-order valence-electron chi connectivity index (χ0n) is 8.53. The van der Waals surface area contributed by atoms with Crippen molar-refractivity contribution in [2.24, 2.45) is 0 Å². The van der Waals surface area contributed by atoms with Gasteiger partial charge in [0.05, 0.1) is 5.52 Å². The summed E-state index contributed by atoms with van der Waals surface area (Å²) in [4.78, 5) is 13.1. The quantitative estimate of drug-likeness (QED) is 0.770. The van der Waals surface area contributed by atoms with Crippen molar-refractivity contribution >= 4 is 22.9 Å². The Bertz CT molecular complexity index is 448. The molecule has 0 amide bonds. The third kappa shape index (κ3) is 1.62. The van der Waals surface area contributed by atoms with E-state index in [1.807, 2.05) is 12.5 Å². The maximum Gasteiger partial charge on any atom is 0.177 e. The van der Waals surface area contributed by atoms with Crippen molar-refractivity contribution in [1.82, 2.24) is 15.0 Å². The summed E-state index contributed by atoms with van der Waals surface area (Å²) in [6.07, 6.45) is 3.90. The highest BCUT2D eigenvalue weighted by atomic mass is 32.2. The summed E-state index contributed by atoms with van der Waals surface area (Å²) >= 11 is 1.69. The number of aromatic amines is 1. The van der Waals surface area contributed by atoms with Crippen molar-refractivity contribution in [3.63, 3.8) is 0 Å². The molecule has 0 saturated carbocycles. The van der Waals surface area contributed by atoms with Crippen LogP contribution < -0.4 is 0 Å². The molecule has 0 aromatic carbocycles. The average molecular weight is 207 g/mol. The van der Waals surface area contributed by atoms with Gasteiger partial charge in [0.1, 0.15) is 5.82 Å². The van der Waals surface area contributed by atoms with Crippen LogP contribution in [0.1, 0.15) is 25.6 Å². The second-order valence-electron chi connectivity index (χ2n) is 3.52. The third-order valence-electron chi connectivity index (χ3n) is 2.11. The average Bonchev–Trinajstić information content (AvgIpc) is 2.59. The lowest BCUT2D eigenvalue weighted by molar-refractivity contribution is 0.798. The predicted octanol–water partition coefficient (Wildman–Crippen LogP) is 2.80. The zero-order valence-corrected chi connectivity index (χ0v) is 9.35. The molecule has 2 aromatic rings. The number of imidazole rings is 1. The monoisotopic (exact) mass is 207 g/mol. The van der Waals surface area contributed by atoms with Gasteiger partial charge in [-0.1, -0.05) is 13.8 Å². The molecular formula is C10H13N3S. The standard InChI is InChI=1S/C10H13N3S/c1-6(2)9-12-8-4-7(14-3)5-11-10(8)13-9/h4-6H,1-3H3,(H,11,12,13). The Kier molecular flexibility index (Phi) is 2.46. The molecule has 0 spiro atoms. The molecule has 2 aromatic heterocycles. The number of thioether (sulfide) groups is 1. The lowest BCUT2D eigenvalue weighted by Gasteiger charge is -1.95. The van der Waals surface area contributed by atoms with Gasteiger partial charge in [-0.15, -0.1) is 11.8 Å². The SMILES string of the molecule is CSc1cnc2nc(C(C)C)[nH]c2c1. The third-order valence-corrected chi connectivity index (χ3v) is 2.81. The van der Waals surface area contributed by atoms with E-state index in [-0.39, 0.29) is 0 Å². The molecule has 4 heteroatoms. The Hall–Kier alpha value is -1.03. The number of nitrogens with zero attached hydrogens (tertiary/aromatic N) is 2. The van der Waals surface area contributed by atoms with Gasteiger partial charge in [-0.3, -0.25) is 0 Å². The van der Waals surface area contributed by atoms with E-state index in [0.29, 0.717) is 5.92 Å². The van der Waals surface area contributed by atoms with E-state index in [9.17, 15) is 0 Å². The fraction of sp³-hybridized carbons (Fsp3) is 0.400. The fourth-order valence-electron chi connectivity index (χ4n) is 1.28. The minimum atomic E-state index is 0.418. The molecule has 0 fully saturated rings. The summed E-state index contributed by atoms with van der Waals surface area (Å²) in [5.41, 5.74) is 1.84. The number of nitrogens with one attached hydrogen (secondary N) is 1. The van der Waals surface area contributed by atoms with E-state index < -0.39 is 0 Å². The Balaban J connectivity index is 2.54. The topological polar surface area (TPSA) is 41.6 Å². The Morgan fingerprint density at radius 2 is 2.21 bits per heavy atom. The minimum absolute atomic E-state index is 0.418. The molecule has 0 atom stereocenters. The van der Waals surface area contributed by atoms with Crippen LogP contribution in [0.4, 0.5) is 0 Å². The number of aromatic nitrogens is 3. The van der Waals surface area contributed by atoms with Crippen molar-refractivity contribution < 1.29 is 0 Å². The second kappa shape index (κ2) is 3.61. The van der Waals surface area contributed by atoms with Crippen LogP contribution in [-0.4, -0.2) is 21.2 Å². The molecular weight excluding hydrogens is 194 g/mol. The highest BCUT2D eigenvalue weighted by Gasteiger charge is 2.07. The lowest BCUT2D eigenvalue weighted by Crippen LogP contribution is -1.88. The van der Waals surface area contributed by atoms with Crippen molar-refractivity contribution in [1.29, 1.82) is 0 Å². The van der Waals surface area contributed by atoms with Gasteiger partial charge in [0.25, 0.3) is 0 Å². The van der Waals surface area contributed by atoms with Gasteiger partial charge in [0.2, 0.25) is 0 Å². The second-order valence-corrected chi connectivity index (χ2v) is 4.40. The molecule has 14 heavy (non-hydrogen) atoms. The van der Waals surface area contributed by atoms with E-state index in [0.717, 1.165) is 21.9 Å². The van der Waals surface area contributed by atoms with Crippen LogP contribution in [0.25, 0.3) is 11.2 Å². The van der Waals surface area contributed by atoms with E-state index >= 15 is 0 Å². The number of fused-ring (bicyclic) bond motifs is 1. The van der Waals surface area contributed by atoms with E-state index in [1.54, 1.807) is 11.8 Å². The molecule has 1 N–H and O–H groups in total. The highest BCUT2D eigenvalue weighted by molar-refractivity contribution is 7.98. The maximum absolute atomic E-state index is 4.41. The van der Waals surface area contributed by atoms with Gasteiger partial charge in [-0.05, 0) is 12.3 Å². The molecule has 0 unspecified atom stereocenters. The number of hydrogen-bond donors (Lipinski definition) is 1. The summed E-state index contributed by atoms with van der Waals surface area (Å²) in [5, 5.41) is 0. The normalized spacial score (nSPS) is 11.4. The number of hydrogen-bond acceptors (Lipinski definition) is 3. The van der Waals surface area contributed by atoms with Crippen LogP contribution in [0.2, 0.25) is 0 Å². The van der Waals surface area contributed by atoms with Gasteiger partial charge in [0, 0.05) is 17.0 Å². The first-order valence-electron chi connectivity index (χ1n) is 4.60. The maximum atomic E-state index is 4.41. The zero-order chi connectivity index (χ0) is 10.1. The number of pyridine rings is 1. The molecule has 3 nitrogen and oxygen atoms in total. The van der Waals surface area contributed by atoms with Crippen molar-refractivity contribution in [2.75, 3.05) is 6.26 Å². The van der Waals surface area contributed by atoms with E-state index in [2.05, 4.69) is 34.9 Å². The number of rotatable bonds is 2. The van der Waals surface area contributed by atoms with Crippen LogP contribution in [0.5, 0.6) is 0 Å². The first kappa shape index (κ1) is 9.52. The largest absolute Gasteiger partial charge is 0.340 e. The Labute approximate surface area is 87.3 Å². The Morgan fingerprint density at radius 3 is 2.86 bits per heavy atom. The molecule has 2 heterocycles. The van der Waals surface area contributed by atoms with Crippen molar-refractivity contribution in [3.05, 3.63) is 18.1 Å². The highest BCUT2D eigenvalue weighted by Crippen LogP contribution is 2.20. The van der Waals surface area contributed by atoms with Gasteiger partial charge in [0.15, 0.2) is 5.65 Å². The van der Waals surface area contributed by atoms with Crippen molar-refractivity contribution in [2.45, 2.75) is 24.7 Å². The Morgan fingerprint density at radius 1 is 1.43 bits per heavy atom. The van der Waals surface area contributed by atoms with Crippen LogP contribution >= 0.6 is 11.8 Å². The molecule has 0 radical (unpaired) electrons. The molecule has 74 valence electrons. The lowest BCUT2D eigenvalue weighted by atomic mass is 10.2. The van der Waals surface area contributed by atoms with Gasteiger partial charge in [-0.2, -0.15) is 0 Å². The minimum Gasteiger partial charge on any atom is -0.340 e. The predicted molar refractivity (Wildman–Crippen MR) is 59.8 cm³/mol. The summed E-state index contributed by atoms with van der Waals surface area (Å²) in [6.45, 7) is 4.24. The summed E-state index contributed by atoms with van der Waals surface area (Å²) in [7, 11) is 0. The summed E-state index contributed by atoms with van der Waals surface area (Å²) < 4.78 is 0. The first-order valence-corrected chi connectivity index (χ1v) is 5.83. The van der Waals surface area contributed by atoms with E-state index in [4.69, 9.17) is 0 Å².